The molecule has 1 heterocycles. The summed E-state index contributed by atoms with van der Waals surface area (Å²) in [5, 5.41) is 3.09. The summed E-state index contributed by atoms with van der Waals surface area (Å²) < 4.78 is 0. The van der Waals surface area contributed by atoms with Gasteiger partial charge >= 0.3 is 0 Å². The van der Waals surface area contributed by atoms with E-state index in [-0.39, 0.29) is 24.4 Å². The summed E-state index contributed by atoms with van der Waals surface area (Å²) in [4.78, 5) is 14.5. The number of amides is 1. The minimum absolute atomic E-state index is 0. The molecule has 1 amide bonds. The summed E-state index contributed by atoms with van der Waals surface area (Å²) in [6, 6.07) is 8.98. The van der Waals surface area contributed by atoms with Crippen LogP contribution in [0, 0.1) is 25.8 Å². The first-order chi connectivity index (χ1) is 9.63. The lowest BCUT2D eigenvalue weighted by Gasteiger charge is -2.32. The maximum Gasteiger partial charge on any atom is 0.247 e. The van der Waals surface area contributed by atoms with E-state index in [1.807, 2.05) is 43.9 Å². The number of rotatable bonds is 2. The maximum atomic E-state index is 12.5. The largest absolute Gasteiger partial charge is 0.324 e. The van der Waals surface area contributed by atoms with Gasteiger partial charge in [-0.3, -0.25) is 4.79 Å². The summed E-state index contributed by atoms with van der Waals surface area (Å²) in [6.45, 7) is 6.74. The number of benzene rings is 1. The molecule has 114 valence electrons. The number of hydrogen-bond donors (Lipinski definition) is 1. The molecular weight excluding hydrogens is 284 g/mol. The summed E-state index contributed by atoms with van der Waals surface area (Å²) in [7, 11) is 0. The van der Waals surface area contributed by atoms with Gasteiger partial charge in [0.25, 0.3) is 0 Å². The van der Waals surface area contributed by atoms with Gasteiger partial charge in [-0.1, -0.05) is 24.1 Å². The average Bonchev–Trinajstić information content (AvgIpc) is 2.44. The molecule has 21 heavy (non-hydrogen) atoms. The van der Waals surface area contributed by atoms with Crippen LogP contribution in [0.25, 0.3) is 0 Å². The quantitative estimate of drug-likeness (QED) is 0.848. The van der Waals surface area contributed by atoms with Gasteiger partial charge in [-0.15, -0.1) is 12.4 Å². The Balaban J connectivity index is 0.00000220. The van der Waals surface area contributed by atoms with Crippen LogP contribution in [0.3, 0.4) is 0 Å². The van der Waals surface area contributed by atoms with Gasteiger partial charge in [-0.05, 0) is 51.2 Å². The number of para-hydroxylation sites is 1. The number of likely N-dealkylation sites (tertiary alicyclic amines) is 1. The Labute approximate surface area is 133 Å². The van der Waals surface area contributed by atoms with E-state index in [4.69, 9.17) is 0 Å². The first-order valence-electron chi connectivity index (χ1n) is 7.19. The molecule has 0 spiro atoms. The fraction of sp³-hybridized carbons (Fsp3) is 0.471. The van der Waals surface area contributed by atoms with Crippen molar-refractivity contribution in [1.82, 2.24) is 4.90 Å². The zero-order valence-electron chi connectivity index (χ0n) is 12.9. The first kappa shape index (κ1) is 17.4. The number of nitrogens with one attached hydrogen (secondary N) is 1. The molecule has 1 atom stereocenters. The molecule has 1 unspecified atom stereocenters. The highest BCUT2D eigenvalue weighted by molar-refractivity contribution is 5.96. The predicted octanol–water partition coefficient (Wildman–Crippen LogP) is 3.50. The summed E-state index contributed by atoms with van der Waals surface area (Å²) in [5.41, 5.74) is 3.14. The molecule has 1 aromatic carbocycles. The maximum absolute atomic E-state index is 12.5. The first-order valence-corrected chi connectivity index (χ1v) is 7.19. The Hall–Kier alpha value is -1.66. The van der Waals surface area contributed by atoms with Gasteiger partial charge in [-0.25, -0.2) is 0 Å². The highest BCUT2D eigenvalue weighted by Gasteiger charge is 2.27. The Morgan fingerprint density at radius 1 is 1.29 bits per heavy atom. The number of hydrogen-bond acceptors (Lipinski definition) is 2. The highest BCUT2D eigenvalue weighted by Crippen LogP contribution is 2.22. The van der Waals surface area contributed by atoms with Crippen LogP contribution in [0.15, 0.2) is 18.2 Å². The lowest BCUT2D eigenvalue weighted by Crippen LogP contribution is -2.44. The zero-order chi connectivity index (χ0) is 14.5. The van der Waals surface area contributed by atoms with Crippen molar-refractivity contribution in [3.8, 4) is 12.0 Å². The van der Waals surface area contributed by atoms with Crippen LogP contribution < -0.4 is 5.32 Å². The van der Waals surface area contributed by atoms with Gasteiger partial charge in [0, 0.05) is 18.3 Å². The number of piperidine rings is 1. The number of nitrogens with zero attached hydrogens (tertiary/aromatic N) is 1. The molecule has 1 aromatic rings. The molecule has 1 fully saturated rings. The number of carbonyl (C=O) groups is 1. The molecule has 1 N–H and O–H groups in total. The zero-order valence-corrected chi connectivity index (χ0v) is 13.7. The van der Waals surface area contributed by atoms with Crippen LogP contribution in [0.5, 0.6) is 0 Å². The molecule has 0 saturated carbocycles. The third kappa shape index (κ3) is 4.15. The van der Waals surface area contributed by atoms with E-state index in [1.165, 1.54) is 0 Å². The molecule has 1 saturated heterocycles. The number of aryl methyl sites for hydroxylation is 2. The van der Waals surface area contributed by atoms with Crippen molar-refractivity contribution >= 4 is 24.0 Å². The number of anilines is 1. The second-order valence-corrected chi connectivity index (χ2v) is 5.32. The Morgan fingerprint density at radius 2 is 1.95 bits per heavy atom. The molecule has 0 aliphatic carbocycles. The Bertz CT molecular complexity index is 539. The molecule has 0 bridgehead atoms. The van der Waals surface area contributed by atoms with E-state index in [0.29, 0.717) is 0 Å². The average molecular weight is 307 g/mol. The van der Waals surface area contributed by atoms with E-state index >= 15 is 0 Å². The van der Waals surface area contributed by atoms with Gasteiger partial charge in [0.1, 0.15) is 6.04 Å². The van der Waals surface area contributed by atoms with E-state index in [0.717, 1.165) is 42.6 Å². The molecule has 0 aromatic heterocycles. The second-order valence-electron chi connectivity index (χ2n) is 5.32. The topological polar surface area (TPSA) is 32.3 Å². The Kier molecular flexibility index (Phi) is 6.58. The normalized spacial score (nSPS) is 17.3. The van der Waals surface area contributed by atoms with Crippen molar-refractivity contribution in [2.24, 2.45) is 0 Å². The van der Waals surface area contributed by atoms with Crippen LogP contribution in [0.4, 0.5) is 5.69 Å². The smallest absolute Gasteiger partial charge is 0.247 e. The molecule has 4 heteroatoms. The van der Waals surface area contributed by atoms with Gasteiger partial charge in [0.15, 0.2) is 0 Å². The lowest BCUT2D eigenvalue weighted by molar-refractivity contribution is -0.121. The van der Waals surface area contributed by atoms with Crippen LogP contribution in [-0.4, -0.2) is 23.4 Å². The van der Waals surface area contributed by atoms with E-state index < -0.39 is 0 Å². The fourth-order valence-electron chi connectivity index (χ4n) is 2.70. The van der Waals surface area contributed by atoms with Crippen LogP contribution in [-0.2, 0) is 4.79 Å². The van der Waals surface area contributed by atoms with Gasteiger partial charge < -0.3 is 10.2 Å². The monoisotopic (exact) mass is 306 g/mol. The van der Waals surface area contributed by atoms with Crippen molar-refractivity contribution in [1.29, 1.82) is 0 Å². The van der Waals surface area contributed by atoms with E-state index in [2.05, 4.69) is 17.3 Å². The highest BCUT2D eigenvalue weighted by atomic mass is 35.5. The van der Waals surface area contributed by atoms with Crippen molar-refractivity contribution < 1.29 is 4.79 Å². The fourth-order valence-corrected chi connectivity index (χ4v) is 2.70. The van der Waals surface area contributed by atoms with E-state index in [9.17, 15) is 4.79 Å². The van der Waals surface area contributed by atoms with Gasteiger partial charge in [-0.2, -0.15) is 0 Å². The lowest BCUT2D eigenvalue weighted by atomic mass is 10.0. The summed E-state index contributed by atoms with van der Waals surface area (Å²) in [5.74, 6) is 2.96. The Morgan fingerprint density at radius 3 is 2.57 bits per heavy atom. The minimum atomic E-state index is -0.129. The van der Waals surface area contributed by atoms with Crippen molar-refractivity contribution in [3.63, 3.8) is 0 Å². The second kappa shape index (κ2) is 7.95. The molecule has 2 rings (SSSR count). The van der Waals surface area contributed by atoms with Crippen LogP contribution >= 0.6 is 12.4 Å². The van der Waals surface area contributed by atoms with Gasteiger partial charge in [0.2, 0.25) is 5.91 Å². The van der Waals surface area contributed by atoms with Crippen LogP contribution in [0.1, 0.15) is 37.3 Å². The third-order valence-corrected chi connectivity index (χ3v) is 3.79. The van der Waals surface area contributed by atoms with E-state index in [1.54, 1.807) is 0 Å². The van der Waals surface area contributed by atoms with Crippen molar-refractivity contribution in [2.45, 2.75) is 46.1 Å². The van der Waals surface area contributed by atoms with Gasteiger partial charge in [0.05, 0.1) is 0 Å². The molecule has 1 aliphatic heterocycles. The SMILES string of the molecule is CC#CN1CCCCC1C(=O)Nc1c(C)cccc1C.Cl. The molecule has 0 radical (unpaired) electrons. The summed E-state index contributed by atoms with van der Waals surface area (Å²) >= 11 is 0. The molecule has 3 nitrogen and oxygen atoms in total. The predicted molar refractivity (Wildman–Crippen MR) is 89.6 cm³/mol. The standard InChI is InChI=1S/C17H22N2O.ClH/c1-4-11-19-12-6-5-10-15(19)17(20)18-16-13(2)8-7-9-14(16)3;/h7-9,15H,5-6,10,12H2,1-3H3,(H,18,20);1H. The minimum Gasteiger partial charge on any atom is -0.324 e. The molecular formula is C17H23ClN2O. The summed E-state index contributed by atoms with van der Waals surface area (Å²) in [6.07, 6.45) is 3.08. The van der Waals surface area contributed by atoms with Crippen LogP contribution in [0.2, 0.25) is 0 Å². The number of halogens is 1. The van der Waals surface area contributed by atoms with Crippen molar-refractivity contribution in [2.75, 3.05) is 11.9 Å². The molecule has 1 aliphatic rings. The number of carbonyl (C=O) groups excluding carboxylic acids is 1. The van der Waals surface area contributed by atoms with Crippen molar-refractivity contribution in [3.05, 3.63) is 29.3 Å². The third-order valence-electron chi connectivity index (χ3n) is 3.79.